The third kappa shape index (κ3) is 5.06. The lowest BCUT2D eigenvalue weighted by molar-refractivity contribution is -0.123. The van der Waals surface area contributed by atoms with Gasteiger partial charge in [-0.15, -0.1) is 0 Å². The van der Waals surface area contributed by atoms with Crippen molar-refractivity contribution in [3.63, 3.8) is 0 Å². The zero-order chi connectivity index (χ0) is 22.8. The molecule has 0 unspecified atom stereocenters. The highest BCUT2D eigenvalue weighted by molar-refractivity contribution is 6.02. The molecule has 0 bridgehead atoms. The highest BCUT2D eigenvalue weighted by Gasteiger charge is 2.24. The van der Waals surface area contributed by atoms with Gasteiger partial charge in [0.05, 0.1) is 5.39 Å². The third-order valence-electron chi connectivity index (χ3n) is 4.60. The van der Waals surface area contributed by atoms with Gasteiger partial charge < -0.3 is 14.5 Å². The van der Waals surface area contributed by atoms with E-state index in [0.29, 0.717) is 16.6 Å². The molecule has 0 saturated heterocycles. The Bertz CT molecular complexity index is 1200. The van der Waals surface area contributed by atoms with Gasteiger partial charge >= 0.3 is 5.97 Å². The van der Waals surface area contributed by atoms with Crippen LogP contribution in [-0.2, 0) is 9.53 Å². The number of ether oxygens (including phenoxy) is 1. The molecule has 0 fully saturated rings. The van der Waals surface area contributed by atoms with Crippen molar-refractivity contribution >= 4 is 34.3 Å². The quantitative estimate of drug-likeness (QED) is 0.489. The largest absolute Gasteiger partial charge is 0.449 e. The van der Waals surface area contributed by atoms with Gasteiger partial charge in [-0.1, -0.05) is 32.9 Å². The molecule has 0 aliphatic rings. The molecule has 1 heterocycles. The number of ketones is 1. The Morgan fingerprint density at radius 3 is 2.29 bits per heavy atom. The van der Waals surface area contributed by atoms with Crippen molar-refractivity contribution < 1.29 is 23.5 Å². The summed E-state index contributed by atoms with van der Waals surface area (Å²) in [5.41, 5.74) is 0.206. The average Bonchev–Trinajstić information content (AvgIpc) is 2.73. The maximum Gasteiger partial charge on any atom is 0.375 e. The summed E-state index contributed by atoms with van der Waals surface area (Å²) in [4.78, 5) is 49.2. The third-order valence-corrected chi connectivity index (χ3v) is 4.60. The van der Waals surface area contributed by atoms with Gasteiger partial charge in [0.2, 0.25) is 17.5 Å². The number of nitrogens with one attached hydrogen (secondary N) is 1. The first-order valence-electron chi connectivity index (χ1n) is 9.76. The number of Topliss-reactive ketones (excluding diaryl/α,β-unsaturated/α-hetero) is 1. The molecular weight excluding hydrogens is 398 g/mol. The van der Waals surface area contributed by atoms with Gasteiger partial charge in [0.1, 0.15) is 5.58 Å². The number of amides is 1. The van der Waals surface area contributed by atoms with Gasteiger partial charge in [-0.2, -0.15) is 0 Å². The van der Waals surface area contributed by atoms with E-state index in [-0.39, 0.29) is 22.7 Å². The van der Waals surface area contributed by atoms with E-state index in [2.05, 4.69) is 5.32 Å². The van der Waals surface area contributed by atoms with Crippen LogP contribution in [0.2, 0.25) is 0 Å². The molecule has 1 N–H and O–H groups in total. The fourth-order valence-corrected chi connectivity index (χ4v) is 2.75. The van der Waals surface area contributed by atoms with Crippen molar-refractivity contribution in [1.82, 2.24) is 0 Å². The smallest absolute Gasteiger partial charge is 0.375 e. The fourth-order valence-electron chi connectivity index (χ4n) is 2.75. The number of carbonyl (C=O) groups excluding carboxylic acids is 3. The molecule has 0 aliphatic heterocycles. The maximum atomic E-state index is 12.6. The van der Waals surface area contributed by atoms with Gasteiger partial charge in [-0.25, -0.2) is 4.79 Å². The second-order valence-corrected chi connectivity index (χ2v) is 8.16. The molecule has 0 radical (unpaired) electrons. The number of fused-ring (bicyclic) bond motifs is 1. The monoisotopic (exact) mass is 421 g/mol. The molecule has 31 heavy (non-hydrogen) atoms. The van der Waals surface area contributed by atoms with Gasteiger partial charge in [0.15, 0.2) is 11.5 Å². The zero-order valence-corrected chi connectivity index (χ0v) is 17.7. The van der Waals surface area contributed by atoms with Crippen molar-refractivity contribution in [3.8, 4) is 0 Å². The van der Waals surface area contributed by atoms with E-state index in [1.54, 1.807) is 69.3 Å². The van der Waals surface area contributed by atoms with Crippen LogP contribution in [0.4, 0.5) is 5.69 Å². The predicted octanol–water partition coefficient (Wildman–Crippen LogP) is 4.21. The predicted molar refractivity (Wildman–Crippen MR) is 116 cm³/mol. The molecule has 1 atom stereocenters. The van der Waals surface area contributed by atoms with Crippen LogP contribution >= 0.6 is 0 Å². The molecule has 0 aliphatic carbocycles. The summed E-state index contributed by atoms with van der Waals surface area (Å²) >= 11 is 0. The van der Waals surface area contributed by atoms with Crippen LogP contribution in [0.1, 0.15) is 48.6 Å². The summed E-state index contributed by atoms with van der Waals surface area (Å²) in [6.07, 6.45) is -1.10. The summed E-state index contributed by atoms with van der Waals surface area (Å²) in [6, 6.07) is 13.9. The van der Waals surface area contributed by atoms with Crippen molar-refractivity contribution in [3.05, 3.63) is 76.1 Å². The van der Waals surface area contributed by atoms with Crippen molar-refractivity contribution in [1.29, 1.82) is 0 Å². The van der Waals surface area contributed by atoms with Crippen LogP contribution in [0.5, 0.6) is 0 Å². The number of rotatable bonds is 5. The summed E-state index contributed by atoms with van der Waals surface area (Å²) < 4.78 is 10.6. The number of benzene rings is 2. The van der Waals surface area contributed by atoms with E-state index in [4.69, 9.17) is 9.15 Å². The molecule has 160 valence electrons. The molecular formula is C24H23NO6. The topological polar surface area (TPSA) is 103 Å². The maximum absolute atomic E-state index is 12.6. The number of para-hydroxylation sites is 1. The molecule has 1 amide bonds. The average molecular weight is 421 g/mol. The van der Waals surface area contributed by atoms with Gasteiger partial charge in [-0.3, -0.25) is 14.4 Å². The molecule has 7 heteroatoms. The van der Waals surface area contributed by atoms with E-state index in [9.17, 15) is 19.2 Å². The second-order valence-electron chi connectivity index (χ2n) is 8.16. The van der Waals surface area contributed by atoms with Crippen LogP contribution in [0, 0.1) is 5.41 Å². The Labute approximate surface area is 179 Å². The molecule has 0 saturated carbocycles. The molecule has 2 aromatic carbocycles. The lowest BCUT2D eigenvalue weighted by Gasteiger charge is -2.18. The summed E-state index contributed by atoms with van der Waals surface area (Å²) in [6.45, 7) is 6.84. The first-order chi connectivity index (χ1) is 14.6. The fraction of sp³-hybridized carbons (Fsp3) is 0.250. The summed E-state index contributed by atoms with van der Waals surface area (Å²) in [5, 5.41) is 3.12. The van der Waals surface area contributed by atoms with Gasteiger partial charge in [-0.05, 0) is 43.3 Å². The standard InChI is InChI=1S/C24H23NO6/c1-14(21(27)15-9-11-16(12-10-15)25-23(29)24(2,3)4)30-22(28)20-13-18(26)17-7-5-6-8-19(17)31-20/h5-14H,1-4H3,(H,25,29)/t14-/m1/s1. The second kappa shape index (κ2) is 8.55. The van der Waals surface area contributed by atoms with Crippen LogP contribution in [0.15, 0.2) is 63.8 Å². The van der Waals surface area contributed by atoms with Crippen molar-refractivity contribution in [2.45, 2.75) is 33.8 Å². The highest BCUT2D eigenvalue weighted by atomic mass is 16.6. The molecule has 1 aromatic heterocycles. The molecule has 3 aromatic rings. The van der Waals surface area contributed by atoms with Crippen LogP contribution in [0.25, 0.3) is 11.0 Å². The minimum absolute atomic E-state index is 0.147. The number of hydrogen-bond acceptors (Lipinski definition) is 6. The summed E-state index contributed by atoms with van der Waals surface area (Å²) in [7, 11) is 0. The van der Waals surface area contributed by atoms with Crippen LogP contribution in [0.3, 0.4) is 0 Å². The number of anilines is 1. The minimum Gasteiger partial charge on any atom is -0.449 e. The molecule has 0 spiro atoms. The Kier molecular flexibility index (Phi) is 6.06. The normalized spacial score (nSPS) is 12.3. The lowest BCUT2D eigenvalue weighted by atomic mass is 9.95. The summed E-state index contributed by atoms with van der Waals surface area (Å²) in [5.74, 6) is -1.75. The first-order valence-corrected chi connectivity index (χ1v) is 9.76. The van der Waals surface area contributed by atoms with E-state index >= 15 is 0 Å². The van der Waals surface area contributed by atoms with E-state index in [1.165, 1.54) is 6.92 Å². The first kappa shape index (κ1) is 22.0. The Balaban J connectivity index is 1.70. The van der Waals surface area contributed by atoms with Crippen molar-refractivity contribution in [2.75, 3.05) is 5.32 Å². The van der Waals surface area contributed by atoms with Crippen LogP contribution in [-0.4, -0.2) is 23.8 Å². The number of carbonyl (C=O) groups is 3. The van der Waals surface area contributed by atoms with E-state index in [1.807, 2.05) is 0 Å². The number of esters is 1. The van der Waals surface area contributed by atoms with Crippen LogP contribution < -0.4 is 10.7 Å². The van der Waals surface area contributed by atoms with Crippen molar-refractivity contribution in [2.24, 2.45) is 5.41 Å². The highest BCUT2D eigenvalue weighted by Crippen LogP contribution is 2.19. The Hall–Kier alpha value is -3.74. The van der Waals surface area contributed by atoms with E-state index < -0.39 is 23.3 Å². The lowest BCUT2D eigenvalue weighted by Crippen LogP contribution is -2.27. The molecule has 3 rings (SSSR count). The van der Waals surface area contributed by atoms with Gasteiger partial charge in [0.25, 0.3) is 0 Å². The SMILES string of the molecule is C[C@@H](OC(=O)c1cc(=O)c2ccccc2o1)C(=O)c1ccc(NC(=O)C(C)(C)C)cc1. The van der Waals surface area contributed by atoms with E-state index in [0.717, 1.165) is 6.07 Å². The number of hydrogen-bond donors (Lipinski definition) is 1. The zero-order valence-electron chi connectivity index (χ0n) is 17.7. The van der Waals surface area contributed by atoms with Gasteiger partial charge in [0, 0.05) is 22.7 Å². The molecule has 7 nitrogen and oxygen atoms in total. The Morgan fingerprint density at radius 1 is 1.00 bits per heavy atom. The Morgan fingerprint density at radius 2 is 1.65 bits per heavy atom. The minimum atomic E-state index is -1.10.